The molecule has 0 saturated carbocycles. The van der Waals surface area contributed by atoms with E-state index in [4.69, 9.17) is 9.84 Å². The van der Waals surface area contributed by atoms with Crippen LogP contribution in [0.1, 0.15) is 6.42 Å². The molecule has 0 aliphatic carbocycles. The van der Waals surface area contributed by atoms with Gasteiger partial charge in [0.15, 0.2) is 0 Å². The van der Waals surface area contributed by atoms with Gasteiger partial charge in [-0.25, -0.2) is 0 Å². The monoisotopic (exact) mass is 334 g/mol. The quantitative estimate of drug-likeness (QED) is 0.332. The van der Waals surface area contributed by atoms with Crippen LogP contribution >= 0.6 is 58.8 Å². The Bertz CT molecular complexity index is 182. The first kappa shape index (κ1) is 18.2. The maximum atomic E-state index is 11.2. The fourth-order valence-electron chi connectivity index (χ4n) is 0.700. The minimum Gasteiger partial charge on any atom is -0.455 e. The van der Waals surface area contributed by atoms with Gasteiger partial charge in [0.05, 0.1) is 12.4 Å². The Kier molecular flexibility index (Phi) is 16.3. The Morgan fingerprint density at radius 2 is 1.88 bits per heavy atom. The van der Waals surface area contributed by atoms with Gasteiger partial charge in [0.1, 0.15) is 5.94 Å². The van der Waals surface area contributed by atoms with E-state index in [1.807, 2.05) is 23.5 Å². The zero-order chi connectivity index (χ0) is 12.8. The van der Waals surface area contributed by atoms with Crippen molar-refractivity contribution in [1.82, 2.24) is 0 Å². The third-order valence-corrected chi connectivity index (χ3v) is 6.62. The molecule has 0 aromatic rings. The molecule has 0 fully saturated rings. The topological polar surface area (TPSA) is 46.5 Å². The van der Waals surface area contributed by atoms with Gasteiger partial charge in [-0.15, -0.1) is 35.3 Å². The number of rotatable bonds is 12. The van der Waals surface area contributed by atoms with E-state index in [2.05, 4.69) is 6.26 Å². The summed E-state index contributed by atoms with van der Waals surface area (Å²) in [6, 6.07) is 0. The number of hydrogen-bond acceptors (Lipinski definition) is 8. The normalized spacial score (nSPS) is 10.5. The fourth-order valence-corrected chi connectivity index (χ4v) is 4.76. The van der Waals surface area contributed by atoms with Crippen molar-refractivity contribution in [1.29, 1.82) is 0 Å². The van der Waals surface area contributed by atoms with Gasteiger partial charge in [-0.2, -0.15) is 23.5 Å². The molecule has 8 heteroatoms. The summed E-state index contributed by atoms with van der Waals surface area (Å²) in [5.41, 5.74) is 0. The Balaban J connectivity index is 3.12. The molecule has 17 heavy (non-hydrogen) atoms. The molecule has 0 rings (SSSR count). The highest BCUT2D eigenvalue weighted by molar-refractivity contribution is 8.22. The van der Waals surface area contributed by atoms with E-state index in [0.717, 1.165) is 21.0 Å². The molecule has 0 spiro atoms. The lowest BCUT2D eigenvalue weighted by atomic mass is 10.5. The van der Waals surface area contributed by atoms with Gasteiger partial charge in [0, 0.05) is 21.0 Å². The van der Waals surface area contributed by atoms with Crippen molar-refractivity contribution >= 4 is 64.8 Å². The van der Waals surface area contributed by atoms with Crippen LogP contribution in [0.3, 0.4) is 0 Å². The molecule has 0 saturated heterocycles. The van der Waals surface area contributed by atoms with Gasteiger partial charge in [-0.1, -0.05) is 0 Å². The summed E-state index contributed by atoms with van der Waals surface area (Å²) < 4.78 is 5.02. The highest BCUT2D eigenvalue weighted by atomic mass is 32.2. The summed E-state index contributed by atoms with van der Waals surface area (Å²) in [5, 5.41) is 11.4. The largest absolute Gasteiger partial charge is 0.455 e. The van der Waals surface area contributed by atoms with Gasteiger partial charge < -0.3 is 9.84 Å². The molecule has 0 aliphatic heterocycles. The van der Waals surface area contributed by atoms with Crippen LogP contribution in [-0.4, -0.2) is 50.2 Å². The van der Waals surface area contributed by atoms with Crippen LogP contribution in [0.15, 0.2) is 0 Å². The number of thioether (sulfide) groups is 5. The minimum absolute atomic E-state index is 0.116. The molecule has 0 atom stereocenters. The van der Waals surface area contributed by atoms with Gasteiger partial charge in [-0.05, 0) is 6.26 Å². The second kappa shape index (κ2) is 15.2. The number of carbonyl (C=O) groups is 1. The predicted molar refractivity (Wildman–Crippen MR) is 86.0 cm³/mol. The van der Waals surface area contributed by atoms with E-state index in [-0.39, 0.29) is 11.9 Å². The van der Waals surface area contributed by atoms with Crippen molar-refractivity contribution in [2.24, 2.45) is 0 Å². The maximum Gasteiger partial charge on any atom is 0.307 e. The molecule has 0 aromatic carbocycles. The summed E-state index contributed by atoms with van der Waals surface area (Å²) in [6.07, 6.45) is 2.57. The van der Waals surface area contributed by atoms with Crippen LogP contribution in [-0.2, 0) is 9.53 Å². The van der Waals surface area contributed by atoms with Crippen LogP contribution in [0.2, 0.25) is 0 Å². The van der Waals surface area contributed by atoms with Crippen molar-refractivity contribution in [3.05, 3.63) is 0 Å². The van der Waals surface area contributed by atoms with E-state index in [0.29, 0.717) is 12.4 Å². The summed E-state index contributed by atoms with van der Waals surface area (Å²) in [6.45, 7) is 0. The van der Waals surface area contributed by atoms with Crippen molar-refractivity contribution < 1.29 is 14.6 Å². The number of ether oxygens (including phenoxy) is 1. The summed E-state index contributed by atoms with van der Waals surface area (Å²) in [7, 11) is 0. The van der Waals surface area contributed by atoms with Gasteiger partial charge in [0.25, 0.3) is 0 Å². The van der Waals surface area contributed by atoms with Crippen molar-refractivity contribution in [3.63, 3.8) is 0 Å². The van der Waals surface area contributed by atoms with Crippen LogP contribution < -0.4 is 0 Å². The van der Waals surface area contributed by atoms with Crippen molar-refractivity contribution in [3.8, 4) is 0 Å². The molecule has 0 amide bonds. The third-order valence-electron chi connectivity index (χ3n) is 1.38. The molecule has 3 nitrogen and oxygen atoms in total. The SMILES string of the molecule is CSCSCSCCC(=O)OCSCSCO. The fraction of sp³-hybridized carbons (Fsp3) is 0.889. The second-order valence-electron chi connectivity index (χ2n) is 2.68. The Morgan fingerprint density at radius 1 is 1.12 bits per heavy atom. The number of aliphatic hydroxyl groups is 1. The van der Waals surface area contributed by atoms with Crippen LogP contribution in [0.5, 0.6) is 0 Å². The van der Waals surface area contributed by atoms with Crippen LogP contribution in [0, 0.1) is 0 Å². The summed E-state index contributed by atoms with van der Waals surface area (Å²) >= 11 is 8.38. The molecule has 0 heterocycles. The van der Waals surface area contributed by atoms with Crippen LogP contribution in [0.25, 0.3) is 0 Å². The first-order chi connectivity index (χ1) is 8.31. The zero-order valence-electron chi connectivity index (χ0n) is 9.75. The summed E-state index contributed by atoms with van der Waals surface area (Å²) in [4.78, 5) is 11.2. The van der Waals surface area contributed by atoms with Crippen LogP contribution in [0.4, 0.5) is 0 Å². The predicted octanol–water partition coefficient (Wildman–Crippen LogP) is 3.00. The number of hydrogen-bond donors (Lipinski definition) is 1. The number of aliphatic hydroxyl groups excluding tert-OH is 1. The van der Waals surface area contributed by atoms with Crippen molar-refractivity contribution in [2.45, 2.75) is 6.42 Å². The first-order valence-corrected chi connectivity index (χ1v) is 10.9. The Morgan fingerprint density at radius 3 is 2.59 bits per heavy atom. The standard InChI is InChI=1S/C9H18O3S5/c1-13-6-17-7-14-3-2-9(11)12-5-16-8-15-4-10/h10H,2-8H2,1H3. The highest BCUT2D eigenvalue weighted by Crippen LogP contribution is 2.17. The van der Waals surface area contributed by atoms with E-state index in [9.17, 15) is 4.79 Å². The Hall–Kier alpha value is 1.18. The van der Waals surface area contributed by atoms with E-state index < -0.39 is 0 Å². The van der Waals surface area contributed by atoms with E-state index >= 15 is 0 Å². The number of carbonyl (C=O) groups excluding carboxylic acids is 1. The molecule has 0 unspecified atom stereocenters. The van der Waals surface area contributed by atoms with E-state index in [1.54, 1.807) is 11.8 Å². The lowest BCUT2D eigenvalue weighted by Gasteiger charge is -2.04. The minimum atomic E-state index is -0.131. The zero-order valence-corrected chi connectivity index (χ0v) is 13.8. The average Bonchev–Trinajstić information content (AvgIpc) is 2.33. The molecule has 0 aliphatic rings. The molecule has 0 radical (unpaired) electrons. The molecule has 0 aromatic heterocycles. The average molecular weight is 335 g/mol. The lowest BCUT2D eigenvalue weighted by Crippen LogP contribution is -2.05. The highest BCUT2D eigenvalue weighted by Gasteiger charge is 2.02. The van der Waals surface area contributed by atoms with Crippen molar-refractivity contribution in [2.75, 3.05) is 39.1 Å². The van der Waals surface area contributed by atoms with Gasteiger partial charge in [-0.3, -0.25) is 4.79 Å². The molecular formula is C9H18O3S5. The number of esters is 1. The lowest BCUT2D eigenvalue weighted by molar-refractivity contribution is -0.140. The van der Waals surface area contributed by atoms with E-state index in [1.165, 1.54) is 23.5 Å². The maximum absolute atomic E-state index is 11.2. The molecule has 0 bridgehead atoms. The Labute approximate surface area is 124 Å². The molecule has 102 valence electrons. The van der Waals surface area contributed by atoms with Gasteiger partial charge in [0.2, 0.25) is 0 Å². The van der Waals surface area contributed by atoms with Gasteiger partial charge >= 0.3 is 5.97 Å². The molecule has 1 N–H and O–H groups in total. The summed E-state index contributed by atoms with van der Waals surface area (Å²) in [5.74, 6) is 1.20. The second-order valence-corrected chi connectivity index (χ2v) is 8.62. The smallest absolute Gasteiger partial charge is 0.307 e. The first-order valence-electron chi connectivity index (χ1n) is 4.87. The molecular weight excluding hydrogens is 316 g/mol. The third kappa shape index (κ3) is 15.1.